The second-order valence-corrected chi connectivity index (χ2v) is 5.70. The van der Waals surface area contributed by atoms with E-state index in [0.29, 0.717) is 19.4 Å². The van der Waals surface area contributed by atoms with E-state index in [1.54, 1.807) is 6.92 Å². The Morgan fingerprint density at radius 3 is 2.50 bits per heavy atom. The number of rotatable bonds is 5. The van der Waals surface area contributed by atoms with E-state index < -0.39 is 12.1 Å². The molecule has 0 unspecified atom stereocenters. The van der Waals surface area contributed by atoms with Crippen LogP contribution in [0.5, 0.6) is 0 Å². The summed E-state index contributed by atoms with van der Waals surface area (Å²) in [5.41, 5.74) is 0. The summed E-state index contributed by atoms with van der Waals surface area (Å²) < 4.78 is 37.9. The molecular weight excluding hydrogens is 243 g/mol. The maximum Gasteiger partial charge on any atom is 0.391 e. The number of aliphatic hydroxyl groups excluding tert-OH is 1. The lowest BCUT2D eigenvalue weighted by atomic mass is 9.85. The maximum atomic E-state index is 12.6. The first-order chi connectivity index (χ1) is 8.29. The van der Waals surface area contributed by atoms with Crippen molar-refractivity contribution >= 4 is 0 Å². The summed E-state index contributed by atoms with van der Waals surface area (Å²) in [6.07, 6.45) is -1.78. The highest BCUT2D eigenvalue weighted by molar-refractivity contribution is 4.82. The topological polar surface area (TPSA) is 32.3 Å². The fourth-order valence-electron chi connectivity index (χ4n) is 2.71. The smallest absolute Gasteiger partial charge is 0.391 e. The minimum atomic E-state index is -4.05. The predicted molar refractivity (Wildman–Crippen MR) is 65.3 cm³/mol. The molecule has 0 aromatic rings. The summed E-state index contributed by atoms with van der Waals surface area (Å²) in [6.45, 7) is 4.42. The first-order valence-electron chi connectivity index (χ1n) is 6.77. The SMILES string of the molecule is C[C@H](CN[C@H]1CCC[C@@H](C(F)(F)F)C1)C[C@H](C)O. The van der Waals surface area contributed by atoms with Crippen LogP contribution >= 0.6 is 0 Å². The predicted octanol–water partition coefficient (Wildman–Crippen LogP) is 3.10. The average Bonchev–Trinajstić information content (AvgIpc) is 2.25. The molecule has 1 aliphatic rings. The van der Waals surface area contributed by atoms with Gasteiger partial charge in [-0.2, -0.15) is 13.2 Å². The average molecular weight is 267 g/mol. The third-order valence-electron chi connectivity index (χ3n) is 3.64. The third-order valence-corrected chi connectivity index (χ3v) is 3.64. The molecular formula is C13H24F3NO. The molecule has 5 heteroatoms. The van der Waals surface area contributed by atoms with Gasteiger partial charge in [-0.15, -0.1) is 0 Å². The van der Waals surface area contributed by atoms with Crippen molar-refractivity contribution in [3.8, 4) is 0 Å². The Balaban J connectivity index is 2.30. The van der Waals surface area contributed by atoms with Crippen LogP contribution in [0, 0.1) is 11.8 Å². The van der Waals surface area contributed by atoms with Gasteiger partial charge in [0.1, 0.15) is 0 Å². The molecule has 1 aliphatic carbocycles. The third kappa shape index (κ3) is 5.57. The van der Waals surface area contributed by atoms with Gasteiger partial charge in [-0.3, -0.25) is 0 Å². The van der Waals surface area contributed by atoms with Crippen molar-refractivity contribution in [3.05, 3.63) is 0 Å². The molecule has 108 valence electrons. The minimum absolute atomic E-state index is 0.0261. The molecule has 2 nitrogen and oxygen atoms in total. The number of hydrogen-bond acceptors (Lipinski definition) is 2. The van der Waals surface area contributed by atoms with Crippen molar-refractivity contribution in [2.45, 2.75) is 64.3 Å². The molecule has 0 bridgehead atoms. The molecule has 0 spiro atoms. The molecule has 0 aliphatic heterocycles. The largest absolute Gasteiger partial charge is 0.393 e. The van der Waals surface area contributed by atoms with Crippen LogP contribution in [0.3, 0.4) is 0 Å². The van der Waals surface area contributed by atoms with Crippen LogP contribution in [0.2, 0.25) is 0 Å². The van der Waals surface area contributed by atoms with E-state index in [1.165, 1.54) is 0 Å². The van der Waals surface area contributed by atoms with Crippen LogP contribution in [0.25, 0.3) is 0 Å². The van der Waals surface area contributed by atoms with E-state index in [-0.39, 0.29) is 30.9 Å². The van der Waals surface area contributed by atoms with Gasteiger partial charge in [0.15, 0.2) is 0 Å². The standard InChI is InChI=1S/C13H24F3NO/c1-9(6-10(2)18)8-17-12-5-3-4-11(7-12)13(14,15)16/h9-12,17-18H,3-8H2,1-2H3/t9-,10-,11+,12-/m0/s1. The monoisotopic (exact) mass is 267 g/mol. The van der Waals surface area contributed by atoms with E-state index in [0.717, 1.165) is 6.42 Å². The maximum absolute atomic E-state index is 12.6. The van der Waals surface area contributed by atoms with Crippen molar-refractivity contribution in [1.29, 1.82) is 0 Å². The van der Waals surface area contributed by atoms with Gasteiger partial charge in [-0.05, 0) is 45.1 Å². The highest BCUT2D eigenvalue weighted by Crippen LogP contribution is 2.37. The van der Waals surface area contributed by atoms with Crippen molar-refractivity contribution in [2.24, 2.45) is 11.8 Å². The Morgan fingerprint density at radius 1 is 1.28 bits per heavy atom. The van der Waals surface area contributed by atoms with Crippen molar-refractivity contribution < 1.29 is 18.3 Å². The molecule has 1 fully saturated rings. The molecule has 2 N–H and O–H groups in total. The lowest BCUT2D eigenvalue weighted by Gasteiger charge is -2.32. The molecule has 0 saturated heterocycles. The summed E-state index contributed by atoms with van der Waals surface area (Å²) >= 11 is 0. The van der Waals surface area contributed by atoms with Gasteiger partial charge < -0.3 is 10.4 Å². The van der Waals surface area contributed by atoms with Crippen LogP contribution < -0.4 is 5.32 Å². The van der Waals surface area contributed by atoms with E-state index in [9.17, 15) is 18.3 Å². The van der Waals surface area contributed by atoms with Gasteiger partial charge in [-0.25, -0.2) is 0 Å². The highest BCUT2D eigenvalue weighted by atomic mass is 19.4. The normalized spacial score (nSPS) is 29.0. The van der Waals surface area contributed by atoms with Gasteiger partial charge >= 0.3 is 6.18 Å². The summed E-state index contributed by atoms with van der Waals surface area (Å²) in [6, 6.07) is -0.0261. The van der Waals surface area contributed by atoms with E-state index in [1.807, 2.05) is 6.92 Å². The molecule has 0 aromatic heterocycles. The zero-order chi connectivity index (χ0) is 13.8. The van der Waals surface area contributed by atoms with E-state index >= 15 is 0 Å². The minimum Gasteiger partial charge on any atom is -0.393 e. The quantitative estimate of drug-likeness (QED) is 0.802. The zero-order valence-corrected chi connectivity index (χ0v) is 11.1. The van der Waals surface area contributed by atoms with Crippen LogP contribution in [-0.2, 0) is 0 Å². The van der Waals surface area contributed by atoms with Gasteiger partial charge in [0, 0.05) is 6.04 Å². The Morgan fingerprint density at radius 2 is 1.94 bits per heavy atom. The fraction of sp³-hybridized carbons (Fsp3) is 1.00. The van der Waals surface area contributed by atoms with Gasteiger partial charge in [0.05, 0.1) is 12.0 Å². The van der Waals surface area contributed by atoms with Crippen LogP contribution in [0.15, 0.2) is 0 Å². The van der Waals surface area contributed by atoms with Crippen molar-refractivity contribution in [2.75, 3.05) is 6.54 Å². The van der Waals surface area contributed by atoms with Crippen molar-refractivity contribution in [3.63, 3.8) is 0 Å². The van der Waals surface area contributed by atoms with Crippen LogP contribution in [0.1, 0.15) is 46.0 Å². The zero-order valence-electron chi connectivity index (χ0n) is 11.1. The Bertz CT molecular complexity index is 243. The highest BCUT2D eigenvalue weighted by Gasteiger charge is 2.41. The van der Waals surface area contributed by atoms with Crippen LogP contribution in [-0.4, -0.2) is 30.0 Å². The molecule has 0 radical (unpaired) electrons. The Labute approximate surface area is 107 Å². The number of halogens is 3. The first kappa shape index (κ1) is 15.8. The number of alkyl halides is 3. The van der Waals surface area contributed by atoms with Gasteiger partial charge in [-0.1, -0.05) is 13.3 Å². The first-order valence-corrected chi connectivity index (χ1v) is 6.77. The fourth-order valence-corrected chi connectivity index (χ4v) is 2.71. The second kappa shape index (κ2) is 6.75. The summed E-state index contributed by atoms with van der Waals surface area (Å²) in [5, 5.41) is 12.4. The number of hydrogen-bond donors (Lipinski definition) is 2. The van der Waals surface area contributed by atoms with Gasteiger partial charge in [0.25, 0.3) is 0 Å². The summed E-state index contributed by atoms with van der Waals surface area (Å²) in [4.78, 5) is 0. The van der Waals surface area contributed by atoms with Crippen LogP contribution in [0.4, 0.5) is 13.2 Å². The lowest BCUT2D eigenvalue weighted by molar-refractivity contribution is -0.183. The Hall–Kier alpha value is -0.290. The van der Waals surface area contributed by atoms with E-state index in [2.05, 4.69) is 5.32 Å². The molecule has 4 atom stereocenters. The number of aliphatic hydroxyl groups is 1. The summed E-state index contributed by atoms with van der Waals surface area (Å²) in [7, 11) is 0. The molecule has 0 heterocycles. The number of nitrogens with one attached hydrogen (secondary N) is 1. The summed E-state index contributed by atoms with van der Waals surface area (Å²) in [5.74, 6) is -0.855. The van der Waals surface area contributed by atoms with Gasteiger partial charge in [0.2, 0.25) is 0 Å². The molecule has 1 saturated carbocycles. The second-order valence-electron chi connectivity index (χ2n) is 5.70. The van der Waals surface area contributed by atoms with Crippen molar-refractivity contribution in [1.82, 2.24) is 5.32 Å². The van der Waals surface area contributed by atoms with E-state index in [4.69, 9.17) is 0 Å². The Kier molecular flexibility index (Phi) is 5.92. The molecule has 0 aromatic carbocycles. The molecule has 1 rings (SSSR count). The molecule has 18 heavy (non-hydrogen) atoms. The lowest BCUT2D eigenvalue weighted by Crippen LogP contribution is -2.40. The molecule has 0 amide bonds.